The van der Waals surface area contributed by atoms with Gasteiger partial charge in [-0.15, -0.1) is 11.3 Å². The number of hydrogen-bond acceptors (Lipinski definition) is 4. The number of aliphatic hydroxyl groups is 1. The van der Waals surface area contributed by atoms with Crippen LogP contribution in [0, 0.1) is 6.92 Å². The summed E-state index contributed by atoms with van der Waals surface area (Å²) in [6, 6.07) is 7.16. The molecule has 1 atom stereocenters. The lowest BCUT2D eigenvalue weighted by Gasteiger charge is -2.04. The molecule has 0 fully saturated rings. The summed E-state index contributed by atoms with van der Waals surface area (Å²) >= 11 is 7.35. The van der Waals surface area contributed by atoms with Crippen LogP contribution in [0.2, 0.25) is 5.02 Å². The highest BCUT2D eigenvalue weighted by Gasteiger charge is 2.14. The highest BCUT2D eigenvalue weighted by atomic mass is 35.5. The van der Waals surface area contributed by atoms with Crippen molar-refractivity contribution in [3.63, 3.8) is 0 Å². The average molecular weight is 269 g/mol. The van der Waals surface area contributed by atoms with Gasteiger partial charge in [-0.25, -0.2) is 4.98 Å². The van der Waals surface area contributed by atoms with Crippen molar-refractivity contribution in [3.05, 3.63) is 39.9 Å². The van der Waals surface area contributed by atoms with E-state index in [-0.39, 0.29) is 12.6 Å². The Labute approximate surface area is 109 Å². The summed E-state index contributed by atoms with van der Waals surface area (Å²) < 4.78 is 0. The molecule has 0 amide bonds. The standard InChI is InChI=1S/C12H13ClN2OS/c1-7-11(10(14)6-16)17-12(15-7)8-2-4-9(13)5-3-8/h2-5,10,16H,6,14H2,1H3. The summed E-state index contributed by atoms with van der Waals surface area (Å²) in [4.78, 5) is 5.39. The lowest BCUT2D eigenvalue weighted by molar-refractivity contribution is 0.269. The van der Waals surface area contributed by atoms with Crippen molar-refractivity contribution < 1.29 is 5.11 Å². The Kier molecular flexibility index (Phi) is 3.79. The summed E-state index contributed by atoms with van der Waals surface area (Å²) in [7, 11) is 0. The van der Waals surface area contributed by atoms with E-state index in [1.165, 1.54) is 11.3 Å². The Balaban J connectivity index is 2.37. The molecule has 5 heteroatoms. The zero-order valence-corrected chi connectivity index (χ0v) is 10.9. The van der Waals surface area contributed by atoms with Crippen LogP contribution < -0.4 is 5.73 Å². The van der Waals surface area contributed by atoms with Crippen molar-refractivity contribution >= 4 is 22.9 Å². The number of thiazole rings is 1. The topological polar surface area (TPSA) is 59.1 Å². The highest BCUT2D eigenvalue weighted by Crippen LogP contribution is 2.31. The average Bonchev–Trinajstić information content (AvgIpc) is 2.71. The molecular formula is C12H13ClN2OS. The molecule has 0 spiro atoms. The van der Waals surface area contributed by atoms with E-state index in [1.54, 1.807) is 0 Å². The summed E-state index contributed by atoms with van der Waals surface area (Å²) in [5.41, 5.74) is 7.70. The molecule has 3 N–H and O–H groups in total. The summed E-state index contributed by atoms with van der Waals surface area (Å²) in [6.45, 7) is 1.84. The minimum Gasteiger partial charge on any atom is -0.394 e. The fraction of sp³-hybridized carbons (Fsp3) is 0.250. The smallest absolute Gasteiger partial charge is 0.123 e. The molecule has 1 aromatic heterocycles. The van der Waals surface area contributed by atoms with E-state index in [2.05, 4.69) is 4.98 Å². The first-order valence-electron chi connectivity index (χ1n) is 5.21. The number of rotatable bonds is 3. The van der Waals surface area contributed by atoms with Crippen LogP contribution in [0.15, 0.2) is 24.3 Å². The van der Waals surface area contributed by atoms with Crippen LogP contribution in [0.3, 0.4) is 0 Å². The number of nitrogens with two attached hydrogens (primary N) is 1. The zero-order valence-electron chi connectivity index (χ0n) is 9.35. The maximum Gasteiger partial charge on any atom is 0.123 e. The van der Waals surface area contributed by atoms with Crippen molar-refractivity contribution in [2.45, 2.75) is 13.0 Å². The molecule has 17 heavy (non-hydrogen) atoms. The maximum atomic E-state index is 9.07. The van der Waals surface area contributed by atoms with Gasteiger partial charge in [0.25, 0.3) is 0 Å². The molecule has 2 rings (SSSR count). The van der Waals surface area contributed by atoms with Crippen molar-refractivity contribution in [1.82, 2.24) is 4.98 Å². The van der Waals surface area contributed by atoms with E-state index < -0.39 is 0 Å². The SMILES string of the molecule is Cc1nc(-c2ccc(Cl)cc2)sc1C(N)CO. The Morgan fingerprint density at radius 1 is 1.41 bits per heavy atom. The van der Waals surface area contributed by atoms with Crippen molar-refractivity contribution in [2.75, 3.05) is 6.61 Å². The molecule has 1 unspecified atom stereocenters. The van der Waals surface area contributed by atoms with Crippen LogP contribution in [0.4, 0.5) is 0 Å². The molecule has 0 saturated heterocycles. The van der Waals surface area contributed by atoms with E-state index in [1.807, 2.05) is 31.2 Å². The molecular weight excluding hydrogens is 256 g/mol. The van der Waals surface area contributed by atoms with Crippen LogP contribution in [-0.2, 0) is 0 Å². The Morgan fingerprint density at radius 3 is 2.65 bits per heavy atom. The molecule has 3 nitrogen and oxygen atoms in total. The molecule has 0 aliphatic carbocycles. The van der Waals surface area contributed by atoms with Crippen molar-refractivity contribution in [3.8, 4) is 10.6 Å². The van der Waals surface area contributed by atoms with Gasteiger partial charge in [-0.2, -0.15) is 0 Å². The molecule has 0 aliphatic heterocycles. The van der Waals surface area contributed by atoms with E-state index >= 15 is 0 Å². The third-order valence-corrected chi connectivity index (χ3v) is 4.05. The van der Waals surface area contributed by atoms with Gasteiger partial charge in [-0.05, 0) is 19.1 Å². The number of benzene rings is 1. The molecule has 0 radical (unpaired) electrons. The third-order valence-electron chi connectivity index (χ3n) is 2.46. The normalized spacial score (nSPS) is 12.7. The van der Waals surface area contributed by atoms with E-state index in [9.17, 15) is 0 Å². The van der Waals surface area contributed by atoms with Gasteiger partial charge < -0.3 is 10.8 Å². The number of halogens is 1. The van der Waals surface area contributed by atoms with Gasteiger partial charge in [0.15, 0.2) is 0 Å². The van der Waals surface area contributed by atoms with Crippen LogP contribution >= 0.6 is 22.9 Å². The zero-order chi connectivity index (χ0) is 12.4. The first-order valence-corrected chi connectivity index (χ1v) is 6.41. The molecule has 0 aliphatic rings. The second kappa shape index (κ2) is 5.14. The van der Waals surface area contributed by atoms with Crippen LogP contribution in [-0.4, -0.2) is 16.7 Å². The lowest BCUT2D eigenvalue weighted by Crippen LogP contribution is -2.13. The first kappa shape index (κ1) is 12.5. The van der Waals surface area contributed by atoms with E-state index in [0.29, 0.717) is 5.02 Å². The Hall–Kier alpha value is -0.940. The van der Waals surface area contributed by atoms with Crippen molar-refractivity contribution in [2.24, 2.45) is 5.73 Å². The highest BCUT2D eigenvalue weighted by molar-refractivity contribution is 7.15. The maximum absolute atomic E-state index is 9.07. The predicted octanol–water partition coefficient (Wildman–Crippen LogP) is 2.76. The van der Waals surface area contributed by atoms with Crippen molar-refractivity contribution in [1.29, 1.82) is 0 Å². The molecule has 1 heterocycles. The number of aromatic nitrogens is 1. The number of aliphatic hydroxyl groups excluding tert-OH is 1. The lowest BCUT2D eigenvalue weighted by atomic mass is 10.2. The van der Waals surface area contributed by atoms with Gasteiger partial charge in [0.05, 0.1) is 18.3 Å². The predicted molar refractivity (Wildman–Crippen MR) is 71.3 cm³/mol. The van der Waals surface area contributed by atoms with Gasteiger partial charge in [-0.3, -0.25) is 0 Å². The fourth-order valence-corrected chi connectivity index (χ4v) is 2.74. The summed E-state index contributed by atoms with van der Waals surface area (Å²) in [5, 5.41) is 10.7. The number of hydrogen-bond donors (Lipinski definition) is 2. The quantitative estimate of drug-likeness (QED) is 0.900. The molecule has 2 aromatic rings. The van der Waals surface area contributed by atoms with Gasteiger partial charge in [0.2, 0.25) is 0 Å². The van der Waals surface area contributed by atoms with E-state index in [4.69, 9.17) is 22.4 Å². The Morgan fingerprint density at radius 2 is 2.06 bits per heavy atom. The van der Waals surface area contributed by atoms with E-state index in [0.717, 1.165) is 21.1 Å². The van der Waals surface area contributed by atoms with Gasteiger partial charge in [0.1, 0.15) is 5.01 Å². The second-order valence-electron chi connectivity index (χ2n) is 3.76. The van der Waals surface area contributed by atoms with Crippen LogP contribution in [0.5, 0.6) is 0 Å². The van der Waals surface area contributed by atoms with Gasteiger partial charge >= 0.3 is 0 Å². The monoisotopic (exact) mass is 268 g/mol. The molecule has 0 bridgehead atoms. The molecule has 0 saturated carbocycles. The molecule has 90 valence electrons. The fourth-order valence-electron chi connectivity index (χ4n) is 1.55. The Bertz CT molecular complexity index is 510. The van der Waals surface area contributed by atoms with Gasteiger partial charge in [-0.1, -0.05) is 23.7 Å². The number of nitrogens with zero attached hydrogens (tertiary/aromatic N) is 1. The largest absolute Gasteiger partial charge is 0.394 e. The summed E-state index contributed by atoms with van der Waals surface area (Å²) in [6.07, 6.45) is 0. The number of aryl methyl sites for hydroxylation is 1. The summed E-state index contributed by atoms with van der Waals surface area (Å²) in [5.74, 6) is 0. The van der Waals surface area contributed by atoms with Crippen LogP contribution in [0.25, 0.3) is 10.6 Å². The molecule has 1 aromatic carbocycles. The minimum absolute atomic E-state index is 0.0664. The minimum atomic E-state index is -0.353. The second-order valence-corrected chi connectivity index (χ2v) is 5.23. The van der Waals surface area contributed by atoms with Gasteiger partial charge in [0, 0.05) is 15.5 Å². The first-order chi connectivity index (χ1) is 8.11. The third kappa shape index (κ3) is 2.66. The van der Waals surface area contributed by atoms with Crippen LogP contribution in [0.1, 0.15) is 16.6 Å².